The molecule has 21 heavy (non-hydrogen) atoms. The molecule has 0 unspecified atom stereocenters. The molecule has 1 aliphatic rings. The molecule has 1 amide bonds. The van der Waals surface area contributed by atoms with Crippen molar-refractivity contribution in [2.45, 2.75) is 18.9 Å². The van der Waals surface area contributed by atoms with Crippen LogP contribution in [-0.2, 0) is 4.74 Å². The van der Waals surface area contributed by atoms with Gasteiger partial charge in [-0.1, -0.05) is 12.1 Å². The van der Waals surface area contributed by atoms with Crippen LogP contribution in [0.3, 0.4) is 0 Å². The molecule has 5 heteroatoms. The molecule has 1 saturated heterocycles. The lowest BCUT2D eigenvalue weighted by Gasteiger charge is -2.24. The highest BCUT2D eigenvalue weighted by molar-refractivity contribution is 7.13. The fourth-order valence-electron chi connectivity index (χ4n) is 2.76. The Hall–Kier alpha value is -1.72. The second-order valence-corrected chi connectivity index (χ2v) is 6.06. The third kappa shape index (κ3) is 2.99. The van der Waals surface area contributed by atoms with E-state index in [1.54, 1.807) is 24.6 Å². The highest BCUT2D eigenvalue weighted by atomic mass is 32.1. The number of hydrogen-bond donors (Lipinski definition) is 0. The molecule has 0 spiro atoms. The molecule has 3 rings (SSSR count). The predicted octanol–water partition coefficient (Wildman–Crippen LogP) is 3.06. The van der Waals surface area contributed by atoms with Gasteiger partial charge in [-0.2, -0.15) is 0 Å². The smallest absolute Gasteiger partial charge is 0.254 e. The van der Waals surface area contributed by atoms with Gasteiger partial charge >= 0.3 is 0 Å². The van der Waals surface area contributed by atoms with E-state index in [9.17, 15) is 4.79 Å². The van der Waals surface area contributed by atoms with Gasteiger partial charge < -0.3 is 9.64 Å². The summed E-state index contributed by atoms with van der Waals surface area (Å²) in [7, 11) is 1.68. The Morgan fingerprint density at radius 2 is 2.24 bits per heavy atom. The van der Waals surface area contributed by atoms with Gasteiger partial charge in [0.2, 0.25) is 0 Å². The largest absolute Gasteiger partial charge is 0.383 e. The first-order valence-corrected chi connectivity index (χ1v) is 7.97. The molecule has 2 heterocycles. The summed E-state index contributed by atoms with van der Waals surface area (Å²) in [6.45, 7) is 1.43. The summed E-state index contributed by atoms with van der Waals surface area (Å²) < 4.78 is 5.21. The van der Waals surface area contributed by atoms with E-state index >= 15 is 0 Å². The Labute approximate surface area is 128 Å². The van der Waals surface area contributed by atoms with Crippen LogP contribution in [0.1, 0.15) is 23.2 Å². The Morgan fingerprint density at radius 1 is 1.43 bits per heavy atom. The van der Waals surface area contributed by atoms with Gasteiger partial charge in [0.1, 0.15) is 5.01 Å². The number of thiazole rings is 1. The number of methoxy groups -OCH3 is 1. The highest BCUT2D eigenvalue weighted by Gasteiger charge is 2.29. The molecule has 0 bridgehead atoms. The molecule has 1 fully saturated rings. The maximum Gasteiger partial charge on any atom is 0.254 e. The Kier molecular flexibility index (Phi) is 4.31. The van der Waals surface area contributed by atoms with E-state index in [1.807, 2.05) is 34.5 Å². The molecule has 4 nitrogen and oxygen atoms in total. The van der Waals surface area contributed by atoms with E-state index in [0.29, 0.717) is 6.61 Å². The summed E-state index contributed by atoms with van der Waals surface area (Å²) >= 11 is 1.60. The molecule has 0 saturated carbocycles. The van der Waals surface area contributed by atoms with E-state index < -0.39 is 0 Å². The third-order valence-corrected chi connectivity index (χ3v) is 4.63. The lowest BCUT2D eigenvalue weighted by atomic mass is 10.1. The van der Waals surface area contributed by atoms with Gasteiger partial charge in [-0.05, 0) is 25.0 Å². The van der Waals surface area contributed by atoms with Crippen LogP contribution >= 0.6 is 11.3 Å². The number of amides is 1. The monoisotopic (exact) mass is 302 g/mol. The quantitative estimate of drug-likeness (QED) is 0.871. The SMILES string of the molecule is COC[C@@H]1CCCN1C(=O)c1ccc(-c2nccs2)cc1. The van der Waals surface area contributed by atoms with Crippen LogP contribution in [0.4, 0.5) is 0 Å². The van der Waals surface area contributed by atoms with Crippen molar-refractivity contribution in [3.8, 4) is 10.6 Å². The van der Waals surface area contributed by atoms with Crippen LogP contribution in [-0.4, -0.2) is 42.1 Å². The molecular formula is C16H18N2O2S. The lowest BCUT2D eigenvalue weighted by Crippen LogP contribution is -2.38. The van der Waals surface area contributed by atoms with Crippen molar-refractivity contribution in [1.82, 2.24) is 9.88 Å². The van der Waals surface area contributed by atoms with Crippen LogP contribution in [0.15, 0.2) is 35.8 Å². The lowest BCUT2D eigenvalue weighted by molar-refractivity contribution is 0.0630. The minimum atomic E-state index is 0.0974. The zero-order valence-corrected chi connectivity index (χ0v) is 12.8. The second-order valence-electron chi connectivity index (χ2n) is 5.16. The number of likely N-dealkylation sites (tertiary alicyclic amines) is 1. The van der Waals surface area contributed by atoms with Crippen LogP contribution in [0, 0.1) is 0 Å². The molecule has 1 aromatic heterocycles. The summed E-state index contributed by atoms with van der Waals surface area (Å²) in [4.78, 5) is 18.8. The van der Waals surface area contributed by atoms with Crippen molar-refractivity contribution >= 4 is 17.2 Å². The van der Waals surface area contributed by atoms with Crippen molar-refractivity contribution in [2.75, 3.05) is 20.3 Å². The average molecular weight is 302 g/mol. The zero-order valence-electron chi connectivity index (χ0n) is 12.0. The summed E-state index contributed by atoms with van der Waals surface area (Å²) in [5.74, 6) is 0.0974. The van der Waals surface area contributed by atoms with Gasteiger partial charge in [0.05, 0.1) is 12.6 Å². The molecule has 110 valence electrons. The average Bonchev–Trinajstić information content (AvgIpc) is 3.19. The maximum absolute atomic E-state index is 12.6. The number of benzene rings is 1. The van der Waals surface area contributed by atoms with E-state index in [-0.39, 0.29) is 11.9 Å². The van der Waals surface area contributed by atoms with E-state index in [0.717, 1.165) is 35.5 Å². The molecule has 2 aromatic rings. The van der Waals surface area contributed by atoms with Crippen LogP contribution in [0.5, 0.6) is 0 Å². The van der Waals surface area contributed by atoms with E-state index in [1.165, 1.54) is 0 Å². The number of aromatic nitrogens is 1. The topological polar surface area (TPSA) is 42.4 Å². The van der Waals surface area contributed by atoms with Crippen molar-refractivity contribution in [3.63, 3.8) is 0 Å². The predicted molar refractivity (Wildman–Crippen MR) is 83.5 cm³/mol. The van der Waals surface area contributed by atoms with Crippen LogP contribution in [0.25, 0.3) is 10.6 Å². The fraction of sp³-hybridized carbons (Fsp3) is 0.375. The number of hydrogen-bond acceptors (Lipinski definition) is 4. The number of carbonyl (C=O) groups is 1. The van der Waals surface area contributed by atoms with Crippen molar-refractivity contribution in [3.05, 3.63) is 41.4 Å². The Bertz CT molecular complexity index is 595. The Balaban J connectivity index is 1.76. The molecular weight excluding hydrogens is 284 g/mol. The summed E-state index contributed by atoms with van der Waals surface area (Å²) in [5.41, 5.74) is 1.79. The third-order valence-electron chi connectivity index (χ3n) is 3.81. The van der Waals surface area contributed by atoms with E-state index in [2.05, 4.69) is 4.98 Å². The number of rotatable bonds is 4. The normalized spacial score (nSPS) is 18.1. The number of carbonyl (C=O) groups excluding carboxylic acids is 1. The zero-order chi connectivity index (χ0) is 14.7. The summed E-state index contributed by atoms with van der Waals surface area (Å²) in [5, 5.41) is 2.93. The summed E-state index contributed by atoms with van der Waals surface area (Å²) in [6, 6.07) is 7.92. The fourth-order valence-corrected chi connectivity index (χ4v) is 3.40. The molecule has 0 N–H and O–H groups in total. The van der Waals surface area contributed by atoms with Crippen LogP contribution < -0.4 is 0 Å². The van der Waals surface area contributed by atoms with Gasteiger partial charge in [-0.3, -0.25) is 4.79 Å². The van der Waals surface area contributed by atoms with Crippen molar-refractivity contribution < 1.29 is 9.53 Å². The number of nitrogens with zero attached hydrogens (tertiary/aromatic N) is 2. The summed E-state index contributed by atoms with van der Waals surface area (Å²) in [6.07, 6.45) is 3.87. The molecule has 0 aliphatic carbocycles. The second kappa shape index (κ2) is 6.37. The van der Waals surface area contributed by atoms with E-state index in [4.69, 9.17) is 4.74 Å². The highest BCUT2D eigenvalue weighted by Crippen LogP contribution is 2.24. The maximum atomic E-state index is 12.6. The Morgan fingerprint density at radius 3 is 2.90 bits per heavy atom. The minimum Gasteiger partial charge on any atom is -0.383 e. The van der Waals surface area contributed by atoms with Gasteiger partial charge in [-0.15, -0.1) is 11.3 Å². The first kappa shape index (κ1) is 14.2. The van der Waals surface area contributed by atoms with Gasteiger partial charge in [0, 0.05) is 36.4 Å². The number of ether oxygens (including phenoxy) is 1. The van der Waals surface area contributed by atoms with Crippen molar-refractivity contribution in [2.24, 2.45) is 0 Å². The molecule has 1 aliphatic heterocycles. The molecule has 1 atom stereocenters. The minimum absolute atomic E-state index is 0.0974. The molecule has 1 aromatic carbocycles. The first-order chi connectivity index (χ1) is 10.3. The molecule has 0 radical (unpaired) electrons. The first-order valence-electron chi connectivity index (χ1n) is 7.09. The van der Waals surface area contributed by atoms with Gasteiger partial charge in [-0.25, -0.2) is 4.98 Å². The van der Waals surface area contributed by atoms with Gasteiger partial charge in [0.15, 0.2) is 0 Å². The van der Waals surface area contributed by atoms with Gasteiger partial charge in [0.25, 0.3) is 5.91 Å². The standard InChI is InChI=1S/C16H18N2O2S/c1-20-11-14-3-2-9-18(14)16(19)13-6-4-12(5-7-13)15-17-8-10-21-15/h4-8,10,14H,2-3,9,11H2,1H3/t14-/m0/s1. The van der Waals surface area contributed by atoms with Crippen LogP contribution in [0.2, 0.25) is 0 Å². The van der Waals surface area contributed by atoms with Crippen molar-refractivity contribution in [1.29, 1.82) is 0 Å².